The van der Waals surface area contributed by atoms with Crippen LogP contribution < -0.4 is 0 Å². The van der Waals surface area contributed by atoms with Crippen molar-refractivity contribution in [3.05, 3.63) is 46.0 Å². The third-order valence-corrected chi connectivity index (χ3v) is 4.09. The summed E-state index contributed by atoms with van der Waals surface area (Å²) in [5, 5.41) is 4.19. The Bertz CT molecular complexity index is 544. The summed E-state index contributed by atoms with van der Waals surface area (Å²) in [6.45, 7) is 2.68. The highest BCUT2D eigenvalue weighted by Gasteiger charge is 2.32. The van der Waals surface area contributed by atoms with E-state index in [4.69, 9.17) is 4.42 Å². The predicted octanol–water partition coefficient (Wildman–Crippen LogP) is 3.63. The van der Waals surface area contributed by atoms with Crippen LogP contribution in [0.5, 0.6) is 0 Å². The average molecular weight is 261 g/mol. The van der Waals surface area contributed by atoms with Crippen molar-refractivity contribution >= 4 is 17.2 Å². The van der Waals surface area contributed by atoms with Gasteiger partial charge in [-0.15, -0.1) is 0 Å². The van der Waals surface area contributed by atoms with Crippen molar-refractivity contribution in [1.82, 2.24) is 4.90 Å². The number of furan rings is 1. The standard InChI is InChI=1S/C14H15NO2S/c1-10-4-5-13(17-10)14(16)15-7-2-3-12(15)11-6-8-18-9-11/h4-6,8-9,12H,2-3,7H2,1H3. The average Bonchev–Trinajstić information content (AvgIpc) is 3.08. The summed E-state index contributed by atoms with van der Waals surface area (Å²) in [7, 11) is 0. The molecule has 18 heavy (non-hydrogen) atoms. The maximum absolute atomic E-state index is 12.4. The van der Waals surface area contributed by atoms with Crippen LogP contribution in [-0.2, 0) is 0 Å². The fourth-order valence-electron chi connectivity index (χ4n) is 2.51. The molecule has 1 saturated heterocycles. The summed E-state index contributed by atoms with van der Waals surface area (Å²) in [6, 6.07) is 5.92. The number of hydrogen-bond acceptors (Lipinski definition) is 3. The molecular formula is C14H15NO2S. The Balaban J connectivity index is 1.85. The zero-order valence-electron chi connectivity index (χ0n) is 10.3. The van der Waals surface area contributed by atoms with E-state index in [0.29, 0.717) is 5.76 Å². The molecule has 94 valence electrons. The highest BCUT2D eigenvalue weighted by atomic mass is 32.1. The van der Waals surface area contributed by atoms with E-state index in [1.165, 1.54) is 5.56 Å². The molecule has 1 amide bonds. The van der Waals surface area contributed by atoms with E-state index in [-0.39, 0.29) is 11.9 Å². The SMILES string of the molecule is Cc1ccc(C(=O)N2CCCC2c2ccsc2)o1. The minimum Gasteiger partial charge on any atom is -0.456 e. The Labute approximate surface area is 110 Å². The van der Waals surface area contributed by atoms with Gasteiger partial charge in [0.25, 0.3) is 5.91 Å². The summed E-state index contributed by atoms with van der Waals surface area (Å²) in [6.07, 6.45) is 2.11. The minimum atomic E-state index is 0.0109. The molecule has 1 unspecified atom stereocenters. The first-order chi connectivity index (χ1) is 8.75. The molecule has 0 radical (unpaired) electrons. The number of thiophene rings is 1. The predicted molar refractivity (Wildman–Crippen MR) is 70.8 cm³/mol. The monoisotopic (exact) mass is 261 g/mol. The van der Waals surface area contributed by atoms with Gasteiger partial charge < -0.3 is 9.32 Å². The van der Waals surface area contributed by atoms with Gasteiger partial charge in [0.2, 0.25) is 0 Å². The highest BCUT2D eigenvalue weighted by Crippen LogP contribution is 2.34. The molecule has 4 heteroatoms. The van der Waals surface area contributed by atoms with Crippen molar-refractivity contribution < 1.29 is 9.21 Å². The molecule has 0 aromatic carbocycles. The van der Waals surface area contributed by atoms with E-state index in [1.54, 1.807) is 17.4 Å². The van der Waals surface area contributed by atoms with Crippen LogP contribution in [0, 0.1) is 6.92 Å². The fraction of sp³-hybridized carbons (Fsp3) is 0.357. The van der Waals surface area contributed by atoms with Crippen molar-refractivity contribution in [3.63, 3.8) is 0 Å². The van der Waals surface area contributed by atoms with Gasteiger partial charge in [-0.25, -0.2) is 0 Å². The lowest BCUT2D eigenvalue weighted by Gasteiger charge is -2.23. The van der Waals surface area contributed by atoms with Crippen molar-refractivity contribution in [1.29, 1.82) is 0 Å². The van der Waals surface area contributed by atoms with Gasteiger partial charge in [0.1, 0.15) is 5.76 Å². The zero-order chi connectivity index (χ0) is 12.5. The second-order valence-electron chi connectivity index (χ2n) is 4.62. The Kier molecular flexibility index (Phi) is 2.96. The van der Waals surface area contributed by atoms with E-state index in [0.717, 1.165) is 25.1 Å². The van der Waals surface area contributed by atoms with Gasteiger partial charge in [-0.05, 0) is 54.3 Å². The smallest absolute Gasteiger partial charge is 0.290 e. The van der Waals surface area contributed by atoms with Crippen LogP contribution >= 0.6 is 11.3 Å². The molecule has 0 bridgehead atoms. The first-order valence-corrected chi connectivity index (χ1v) is 7.09. The summed E-state index contributed by atoms with van der Waals surface area (Å²) < 4.78 is 5.43. The normalized spacial score (nSPS) is 19.4. The largest absolute Gasteiger partial charge is 0.456 e. The van der Waals surface area contributed by atoms with Crippen LogP contribution in [0.3, 0.4) is 0 Å². The summed E-state index contributed by atoms with van der Waals surface area (Å²) in [5.41, 5.74) is 1.24. The summed E-state index contributed by atoms with van der Waals surface area (Å²) in [4.78, 5) is 14.3. The number of hydrogen-bond donors (Lipinski definition) is 0. The zero-order valence-corrected chi connectivity index (χ0v) is 11.1. The Morgan fingerprint density at radius 2 is 2.33 bits per heavy atom. The maximum atomic E-state index is 12.4. The summed E-state index contributed by atoms with van der Waals surface area (Å²) >= 11 is 1.68. The minimum absolute atomic E-state index is 0.0109. The first-order valence-electron chi connectivity index (χ1n) is 6.15. The first kappa shape index (κ1) is 11.5. The fourth-order valence-corrected chi connectivity index (χ4v) is 3.22. The molecule has 1 aliphatic heterocycles. The molecular weight excluding hydrogens is 246 g/mol. The second kappa shape index (κ2) is 4.61. The number of aryl methyl sites for hydroxylation is 1. The van der Waals surface area contributed by atoms with Gasteiger partial charge in [0.15, 0.2) is 5.76 Å². The molecule has 1 fully saturated rings. The number of nitrogens with zero attached hydrogens (tertiary/aromatic N) is 1. The van der Waals surface area contributed by atoms with Gasteiger partial charge in [-0.1, -0.05) is 0 Å². The van der Waals surface area contributed by atoms with Gasteiger partial charge in [-0.2, -0.15) is 11.3 Å². The second-order valence-corrected chi connectivity index (χ2v) is 5.40. The van der Waals surface area contributed by atoms with Crippen LogP contribution in [0.2, 0.25) is 0 Å². The van der Waals surface area contributed by atoms with E-state index < -0.39 is 0 Å². The molecule has 0 spiro atoms. The molecule has 1 aliphatic rings. The van der Waals surface area contributed by atoms with Crippen molar-refractivity contribution in [2.75, 3.05) is 6.54 Å². The van der Waals surface area contributed by atoms with Crippen molar-refractivity contribution in [2.24, 2.45) is 0 Å². The van der Waals surface area contributed by atoms with Gasteiger partial charge in [0, 0.05) is 6.54 Å². The van der Waals surface area contributed by atoms with Gasteiger partial charge >= 0.3 is 0 Å². The van der Waals surface area contributed by atoms with E-state index in [1.807, 2.05) is 17.9 Å². The van der Waals surface area contributed by atoms with Crippen LogP contribution in [0.1, 0.15) is 40.8 Å². The lowest BCUT2D eigenvalue weighted by molar-refractivity contribution is 0.0702. The highest BCUT2D eigenvalue weighted by molar-refractivity contribution is 7.07. The molecule has 0 N–H and O–H groups in total. The Morgan fingerprint density at radius 1 is 1.44 bits per heavy atom. The lowest BCUT2D eigenvalue weighted by Crippen LogP contribution is -2.30. The molecule has 3 rings (SSSR count). The quantitative estimate of drug-likeness (QED) is 0.827. The molecule has 0 aliphatic carbocycles. The molecule has 3 heterocycles. The summed E-state index contributed by atoms with van der Waals surface area (Å²) in [5.74, 6) is 1.25. The third-order valence-electron chi connectivity index (χ3n) is 3.39. The lowest BCUT2D eigenvalue weighted by atomic mass is 10.1. The maximum Gasteiger partial charge on any atom is 0.290 e. The van der Waals surface area contributed by atoms with Crippen LogP contribution in [0.25, 0.3) is 0 Å². The molecule has 1 atom stereocenters. The molecule has 0 saturated carbocycles. The van der Waals surface area contributed by atoms with Crippen molar-refractivity contribution in [2.45, 2.75) is 25.8 Å². The van der Waals surface area contributed by atoms with Crippen LogP contribution in [0.15, 0.2) is 33.4 Å². The number of amides is 1. The molecule has 3 nitrogen and oxygen atoms in total. The van der Waals surface area contributed by atoms with Crippen LogP contribution in [0.4, 0.5) is 0 Å². The Morgan fingerprint density at radius 3 is 3.00 bits per heavy atom. The Hall–Kier alpha value is -1.55. The topological polar surface area (TPSA) is 33.5 Å². The van der Waals surface area contributed by atoms with Crippen molar-refractivity contribution in [3.8, 4) is 0 Å². The van der Waals surface area contributed by atoms with E-state index in [9.17, 15) is 4.79 Å². The molecule has 2 aromatic rings. The number of likely N-dealkylation sites (tertiary alicyclic amines) is 1. The molecule has 2 aromatic heterocycles. The number of carbonyl (C=O) groups is 1. The van der Waals surface area contributed by atoms with Gasteiger partial charge in [0.05, 0.1) is 6.04 Å². The van der Waals surface area contributed by atoms with Crippen LogP contribution in [-0.4, -0.2) is 17.4 Å². The van der Waals surface area contributed by atoms with E-state index in [2.05, 4.69) is 16.8 Å². The number of rotatable bonds is 2. The third kappa shape index (κ3) is 1.97. The van der Waals surface area contributed by atoms with E-state index >= 15 is 0 Å². The van der Waals surface area contributed by atoms with Gasteiger partial charge in [-0.3, -0.25) is 4.79 Å². The number of carbonyl (C=O) groups excluding carboxylic acids is 1.